The van der Waals surface area contributed by atoms with Gasteiger partial charge in [0.25, 0.3) is 0 Å². The minimum absolute atomic E-state index is 0. The van der Waals surface area contributed by atoms with Crippen LogP contribution >= 0.6 is 0 Å². The highest BCUT2D eigenvalue weighted by Gasteiger charge is 1.70. The Hall–Kier alpha value is 0. The van der Waals surface area contributed by atoms with Gasteiger partial charge in [0.05, 0.1) is 0 Å². The maximum absolute atomic E-state index is 2.21. The van der Waals surface area contributed by atoms with Crippen molar-refractivity contribution in [3.8, 4) is 0 Å². The molecule has 0 atom stereocenters. The largest absolute Gasteiger partial charge is 0.0776 e. The normalized spacial score (nSPS) is 4.20. The Balaban J connectivity index is -0.00000000308. The van der Waals surface area contributed by atoms with Crippen LogP contribution < -0.4 is 0 Å². The second-order valence-corrected chi connectivity index (χ2v) is 8.12. The van der Waals surface area contributed by atoms with Gasteiger partial charge in [-0.3, -0.25) is 0 Å². The van der Waals surface area contributed by atoms with Crippen molar-refractivity contribution < 1.29 is 0 Å². The van der Waals surface area contributed by atoms with Crippen LogP contribution in [0.4, 0.5) is 0 Å². The molecule has 0 aliphatic carbocycles. The lowest BCUT2D eigenvalue weighted by atomic mass is 10.3. The monoisotopic (exact) mass is 914 g/mol. The van der Waals surface area contributed by atoms with Gasteiger partial charge in [0.1, 0.15) is 0 Å². The Morgan fingerprint density at radius 2 is 0.133 bits per heavy atom. The van der Waals surface area contributed by atoms with Crippen molar-refractivity contribution >= 4 is 0 Å². The van der Waals surface area contributed by atoms with Crippen LogP contribution in [0.25, 0.3) is 0 Å². The Bertz CT molecular complexity index is 91.6. The van der Waals surface area contributed by atoms with E-state index < -0.39 is 0 Å². The molecule has 0 saturated carbocycles. The molecule has 0 aromatic heterocycles. The van der Waals surface area contributed by atoms with Crippen molar-refractivity contribution in [2.75, 3.05) is 0 Å². The van der Waals surface area contributed by atoms with Crippen molar-refractivity contribution in [3.63, 3.8) is 0 Å². The summed E-state index contributed by atoms with van der Waals surface area (Å²) in [6.07, 6.45) is 24.5. The Morgan fingerprint density at radius 3 is 0.133 bits per heavy atom. The molecule has 0 aliphatic rings. The molecular weight excluding hydrogens is 721 g/mol. The van der Waals surface area contributed by atoms with E-state index in [0.717, 1.165) is 0 Å². The van der Waals surface area contributed by atoms with Crippen LogP contribution in [0.5, 0.6) is 0 Å². The highest BCUT2D eigenvalue weighted by Crippen LogP contribution is 1.90. The van der Waals surface area contributed by atoms with Crippen molar-refractivity contribution in [2.45, 2.75) is 421 Å². The molecule has 0 saturated heterocycles. The van der Waals surface area contributed by atoms with Crippen LogP contribution in [-0.4, -0.2) is 0 Å². The van der Waals surface area contributed by atoms with Gasteiger partial charge in [0, 0.05) is 0 Å². The quantitative estimate of drug-likeness (QED) is 0.183. The molecule has 0 radical (unpaired) electrons. The van der Waals surface area contributed by atoms with E-state index in [2.05, 4.69) is 83.1 Å². The van der Waals surface area contributed by atoms with Crippen molar-refractivity contribution in [3.05, 3.63) is 0 Å². The van der Waals surface area contributed by atoms with E-state index in [1.807, 2.05) is 0 Å². The van der Waals surface area contributed by atoms with Gasteiger partial charge in [-0.15, -0.1) is 0 Å². The lowest BCUT2D eigenvalue weighted by Gasteiger charge is -1.79. The van der Waals surface area contributed by atoms with E-state index in [1.165, 1.54) is 116 Å². The van der Waals surface area contributed by atoms with Crippen LogP contribution in [0, 0.1) is 0 Å². The number of hydrogen-bond donors (Lipinski definition) is 0. The fraction of sp³-hybridized carbons (Fsp3) is 1.00. The van der Waals surface area contributed by atoms with Crippen LogP contribution in [-0.2, 0) is 0 Å². The third-order valence-corrected chi connectivity index (χ3v) is 4.24. The van der Waals surface area contributed by atoms with Crippen LogP contribution in [0.1, 0.15) is 421 Å². The molecule has 0 N–H and O–H groups in total. The van der Waals surface area contributed by atoms with Crippen LogP contribution in [0.2, 0.25) is 0 Å². The summed E-state index contributed by atoms with van der Waals surface area (Å²) in [6, 6.07) is 0. The number of rotatable bonds is 12. The Morgan fingerprint density at radius 1 is 0.100 bits per heavy atom. The van der Waals surface area contributed by atoms with Gasteiger partial charge < -0.3 is 0 Å². The van der Waals surface area contributed by atoms with E-state index in [0.29, 0.717) is 0 Å². The fourth-order valence-corrected chi connectivity index (χ4v) is 2.12. The van der Waals surface area contributed by atoms with Gasteiger partial charge in [-0.2, -0.15) is 0 Å². The fourth-order valence-electron chi connectivity index (χ4n) is 2.12. The van der Waals surface area contributed by atoms with Gasteiger partial charge in [0.15, 0.2) is 0 Å². The minimum Gasteiger partial charge on any atom is -0.0776 e. The van der Waals surface area contributed by atoms with E-state index in [4.69, 9.17) is 0 Å². The molecule has 60 heavy (non-hydrogen) atoms. The van der Waals surface area contributed by atoms with Crippen LogP contribution in [0.15, 0.2) is 0 Å². The van der Waals surface area contributed by atoms with E-state index in [9.17, 15) is 0 Å². The minimum atomic E-state index is 0. The second-order valence-electron chi connectivity index (χ2n) is 8.12. The SMILES string of the molecule is C.C.C.C.C.C.C.C.C.C.C.C.C.C.C.C.C.C.C.C.C.C.C.C.C.C.C.C.C.C.CCCCC.CCCCC.CCCCC.CCCCC.CCCCC.CCCCC. The third kappa shape index (κ3) is 1310. The average molecular weight is 914 g/mol. The molecule has 0 heterocycles. The molecule has 0 spiro atoms. The summed E-state index contributed by atoms with van der Waals surface area (Å²) in [7, 11) is 0. The second kappa shape index (κ2) is 613. The topological polar surface area (TPSA) is 0 Å². The molecular formula is C60H192. The molecule has 0 rings (SSSR count). The summed E-state index contributed by atoms with van der Waals surface area (Å²) in [4.78, 5) is 0. The lowest BCUT2D eigenvalue weighted by molar-refractivity contribution is 0.772. The molecule has 432 valence electrons. The molecule has 0 aliphatic heterocycles. The third-order valence-electron chi connectivity index (χ3n) is 4.24. The summed E-state index contributed by atoms with van der Waals surface area (Å²) >= 11 is 0. The van der Waals surface area contributed by atoms with Gasteiger partial charge in [-0.25, -0.2) is 0 Å². The Kier molecular flexibility index (Phi) is 3700. The predicted octanol–water partition coefficient (Wildman–Crippen LogP) is 32.3. The summed E-state index contributed by atoms with van der Waals surface area (Å²) in [5.41, 5.74) is 0. The number of unbranched alkanes of at least 4 members (excludes halogenated alkanes) is 12. The molecule has 0 unspecified atom stereocenters. The first-order chi connectivity index (χ1) is 14.5. The summed E-state index contributed by atoms with van der Waals surface area (Å²) in [5.74, 6) is 0. The molecule has 0 aromatic carbocycles. The molecule has 0 amide bonds. The highest BCUT2D eigenvalue weighted by atomic mass is 13.8. The molecule has 0 heteroatoms. The van der Waals surface area contributed by atoms with Crippen molar-refractivity contribution in [2.24, 2.45) is 0 Å². The van der Waals surface area contributed by atoms with Crippen molar-refractivity contribution in [1.82, 2.24) is 0 Å². The zero-order valence-electron chi connectivity index (χ0n) is 24.7. The average Bonchev–Trinajstić information content (AvgIpc) is 2.74. The van der Waals surface area contributed by atoms with Gasteiger partial charge in [0.2, 0.25) is 0 Å². The zero-order valence-corrected chi connectivity index (χ0v) is 24.7. The van der Waals surface area contributed by atoms with E-state index in [1.54, 1.807) is 0 Å². The molecule has 0 bridgehead atoms. The number of hydrogen-bond acceptors (Lipinski definition) is 0. The first kappa shape index (κ1) is 363. The molecule has 0 nitrogen and oxygen atoms in total. The van der Waals surface area contributed by atoms with Crippen molar-refractivity contribution in [1.29, 1.82) is 0 Å². The van der Waals surface area contributed by atoms with E-state index >= 15 is 0 Å². The first-order valence-corrected chi connectivity index (χ1v) is 14.5. The maximum atomic E-state index is 2.21. The van der Waals surface area contributed by atoms with E-state index in [-0.39, 0.29) is 223 Å². The summed E-state index contributed by atoms with van der Waals surface area (Å²) in [5, 5.41) is 0. The highest BCUT2D eigenvalue weighted by molar-refractivity contribution is 4.26. The Labute approximate surface area is 419 Å². The zero-order chi connectivity index (χ0) is 24.7. The van der Waals surface area contributed by atoms with Gasteiger partial charge in [-0.05, 0) is 0 Å². The van der Waals surface area contributed by atoms with Gasteiger partial charge in [-0.1, -0.05) is 421 Å². The maximum Gasteiger partial charge on any atom is -0.0538 e. The standard InChI is InChI=1S/6C5H12.30CH4/c6*1-3-5-4-2;;;;;;;;;;;;;;;;;;;;;;;;;;;;;;/h6*3-5H2,1-2H3;30*1H4. The first-order valence-electron chi connectivity index (χ1n) is 14.5. The molecule has 0 fully saturated rings. The molecule has 0 aromatic rings. The predicted molar refractivity (Wildman–Crippen MR) is 353 cm³/mol. The summed E-state index contributed by atoms with van der Waals surface area (Å²) in [6.45, 7) is 26.5. The summed E-state index contributed by atoms with van der Waals surface area (Å²) < 4.78 is 0. The smallest absolute Gasteiger partial charge is 0.0538 e. The van der Waals surface area contributed by atoms with Crippen LogP contribution in [0.3, 0.4) is 0 Å². The lowest BCUT2D eigenvalue weighted by Crippen LogP contribution is -1.59. The van der Waals surface area contributed by atoms with Gasteiger partial charge >= 0.3 is 0 Å².